The molecule has 1 unspecified atom stereocenters. The van der Waals surface area contributed by atoms with Crippen molar-refractivity contribution in [2.75, 3.05) is 26.3 Å². The molecule has 0 aliphatic carbocycles. The van der Waals surface area contributed by atoms with Gasteiger partial charge in [-0.3, -0.25) is 4.79 Å². The summed E-state index contributed by atoms with van der Waals surface area (Å²) in [7, 11) is -3.88. The van der Waals surface area contributed by atoms with E-state index in [4.69, 9.17) is 9.47 Å². The van der Waals surface area contributed by atoms with Crippen LogP contribution in [-0.2, 0) is 32.6 Å². The average Bonchev–Trinajstić information content (AvgIpc) is 3.42. The SMILES string of the molecule is CCOCCNC(=O)CC(c1ccc(C)c(CN2C[C@@H](CC)Oc3ncccc3S2(=O)=O)c1)c1ccc2c(nnn2CC)c1C. The van der Waals surface area contributed by atoms with Crippen LogP contribution in [0.4, 0.5) is 0 Å². The Morgan fingerprint density at radius 2 is 1.98 bits per heavy atom. The number of nitrogens with one attached hydrogen (secondary N) is 1. The number of benzene rings is 2. The Hall–Kier alpha value is -3.87. The third kappa shape index (κ3) is 6.87. The second kappa shape index (κ2) is 14.1. The summed E-state index contributed by atoms with van der Waals surface area (Å²) in [6.07, 6.45) is 2.04. The van der Waals surface area contributed by atoms with Gasteiger partial charge in [-0.2, -0.15) is 4.31 Å². The molecule has 11 nitrogen and oxygen atoms in total. The van der Waals surface area contributed by atoms with Crippen LogP contribution in [0, 0.1) is 13.8 Å². The number of hydrogen-bond acceptors (Lipinski definition) is 8. The van der Waals surface area contributed by atoms with Crippen molar-refractivity contribution in [2.24, 2.45) is 0 Å². The third-order valence-corrected chi connectivity index (χ3v) is 10.3. The maximum Gasteiger partial charge on any atom is 0.248 e. The Bertz CT molecular complexity index is 1770. The molecule has 1 aliphatic rings. The number of pyridine rings is 1. The van der Waals surface area contributed by atoms with Crippen LogP contribution in [0.2, 0.25) is 0 Å². The fraction of sp³-hybridized carbons (Fsp3) is 0.455. The summed E-state index contributed by atoms with van der Waals surface area (Å²) in [5.41, 5.74) is 6.41. The highest BCUT2D eigenvalue weighted by Gasteiger charge is 2.35. The van der Waals surface area contributed by atoms with Crippen molar-refractivity contribution in [2.45, 2.75) is 77.5 Å². The van der Waals surface area contributed by atoms with Gasteiger partial charge in [0.2, 0.25) is 21.8 Å². The second-order valence-electron chi connectivity index (χ2n) is 11.3. The fourth-order valence-corrected chi connectivity index (χ4v) is 7.34. The van der Waals surface area contributed by atoms with Gasteiger partial charge in [-0.1, -0.05) is 36.4 Å². The number of hydrogen-bond donors (Lipinski definition) is 1. The van der Waals surface area contributed by atoms with Crippen molar-refractivity contribution < 1.29 is 22.7 Å². The van der Waals surface area contributed by atoms with Gasteiger partial charge in [0.25, 0.3) is 0 Å². The smallest absolute Gasteiger partial charge is 0.248 e. The van der Waals surface area contributed by atoms with Crippen LogP contribution < -0.4 is 10.1 Å². The largest absolute Gasteiger partial charge is 0.472 e. The summed E-state index contributed by atoms with van der Waals surface area (Å²) in [5, 5.41) is 11.7. The first-order valence-electron chi connectivity index (χ1n) is 15.6. The quantitative estimate of drug-likeness (QED) is 0.226. The van der Waals surface area contributed by atoms with Gasteiger partial charge in [0.05, 0.1) is 18.7 Å². The number of fused-ring (bicyclic) bond motifs is 2. The topological polar surface area (TPSA) is 129 Å². The zero-order valence-corrected chi connectivity index (χ0v) is 27.4. The molecular weight excluding hydrogens is 592 g/mol. The molecule has 4 aromatic rings. The molecule has 0 bridgehead atoms. The summed E-state index contributed by atoms with van der Waals surface area (Å²) < 4.78 is 42.5. The summed E-state index contributed by atoms with van der Waals surface area (Å²) in [5.74, 6) is -0.260. The molecule has 2 atom stereocenters. The van der Waals surface area contributed by atoms with Crippen molar-refractivity contribution in [3.8, 4) is 5.88 Å². The lowest BCUT2D eigenvalue weighted by atomic mass is 9.84. The van der Waals surface area contributed by atoms with Crippen molar-refractivity contribution in [3.05, 3.63) is 76.5 Å². The maximum atomic E-state index is 13.9. The lowest BCUT2D eigenvalue weighted by molar-refractivity contribution is -0.121. The van der Waals surface area contributed by atoms with Crippen LogP contribution in [0.1, 0.15) is 67.3 Å². The monoisotopic (exact) mass is 634 g/mol. The lowest BCUT2D eigenvalue weighted by Crippen LogP contribution is -2.36. The van der Waals surface area contributed by atoms with Gasteiger partial charge in [0.15, 0.2) is 0 Å². The third-order valence-electron chi connectivity index (χ3n) is 8.44. The number of aryl methyl sites for hydroxylation is 3. The number of sulfonamides is 1. The van der Waals surface area contributed by atoms with E-state index >= 15 is 0 Å². The number of carbonyl (C=O) groups is 1. The minimum atomic E-state index is -3.88. The van der Waals surface area contributed by atoms with Gasteiger partial charge in [-0.05, 0) is 80.1 Å². The molecule has 5 rings (SSSR count). The van der Waals surface area contributed by atoms with E-state index in [0.717, 1.165) is 38.9 Å². The zero-order chi connectivity index (χ0) is 32.1. The average molecular weight is 635 g/mol. The molecule has 2 aromatic carbocycles. The minimum Gasteiger partial charge on any atom is -0.472 e. The van der Waals surface area contributed by atoms with Crippen LogP contribution in [0.15, 0.2) is 53.6 Å². The standard InChI is InChI=1S/C33H42N6O5S/c1-6-26-21-38(45(41,42)30-10-9-15-35-33(30)44-26)20-25-18-24(12-11-22(25)4)28(19-31(40)34-16-17-43-8-3)27-13-14-29-32(23(27)5)36-37-39(29)7-2/h9-15,18,26,28H,6-8,16-17,19-21H2,1-5H3,(H,34,40)/t26-,28?/m1/s1. The van der Waals surface area contributed by atoms with E-state index in [9.17, 15) is 13.2 Å². The molecule has 0 radical (unpaired) electrons. The number of rotatable bonds is 12. The number of aromatic nitrogens is 4. The number of carbonyl (C=O) groups excluding carboxylic acids is 1. The van der Waals surface area contributed by atoms with Gasteiger partial charge in [0.1, 0.15) is 16.5 Å². The number of ether oxygens (including phenoxy) is 2. The number of nitrogens with zero attached hydrogens (tertiary/aromatic N) is 5. The second-order valence-corrected chi connectivity index (χ2v) is 13.2. The van der Waals surface area contributed by atoms with Gasteiger partial charge in [0, 0.05) is 44.8 Å². The first-order valence-corrected chi connectivity index (χ1v) is 17.0. The molecule has 1 N–H and O–H groups in total. The molecule has 1 aliphatic heterocycles. The lowest BCUT2D eigenvalue weighted by Gasteiger charge is -2.25. The highest BCUT2D eigenvalue weighted by atomic mass is 32.2. The van der Waals surface area contributed by atoms with Crippen LogP contribution in [0.3, 0.4) is 0 Å². The molecule has 0 saturated heterocycles. The number of amides is 1. The van der Waals surface area contributed by atoms with Gasteiger partial charge in [-0.15, -0.1) is 5.10 Å². The van der Waals surface area contributed by atoms with E-state index in [2.05, 4.69) is 26.7 Å². The molecule has 12 heteroatoms. The first-order chi connectivity index (χ1) is 21.7. The summed E-state index contributed by atoms with van der Waals surface area (Å²) >= 11 is 0. The van der Waals surface area contributed by atoms with E-state index in [1.54, 1.807) is 18.3 Å². The minimum absolute atomic E-state index is 0.0698. The molecule has 2 aromatic heterocycles. The van der Waals surface area contributed by atoms with E-state index in [1.807, 2.05) is 63.6 Å². The Labute approximate surface area is 265 Å². The van der Waals surface area contributed by atoms with E-state index in [-0.39, 0.29) is 48.2 Å². The molecule has 0 fully saturated rings. The molecule has 0 saturated carbocycles. The normalized spacial score (nSPS) is 17.0. The summed E-state index contributed by atoms with van der Waals surface area (Å²) in [4.78, 5) is 17.5. The van der Waals surface area contributed by atoms with Crippen molar-refractivity contribution in [1.29, 1.82) is 0 Å². The zero-order valence-electron chi connectivity index (χ0n) is 26.6. The van der Waals surface area contributed by atoms with Crippen molar-refractivity contribution in [3.63, 3.8) is 0 Å². The Morgan fingerprint density at radius 1 is 1.16 bits per heavy atom. The van der Waals surface area contributed by atoms with Gasteiger partial charge < -0.3 is 14.8 Å². The molecule has 1 amide bonds. The van der Waals surface area contributed by atoms with Gasteiger partial charge in [-0.25, -0.2) is 18.1 Å². The first kappa shape index (κ1) is 32.5. The van der Waals surface area contributed by atoms with E-state index in [1.165, 1.54) is 4.31 Å². The van der Waals surface area contributed by atoms with Crippen LogP contribution in [-0.4, -0.2) is 71.0 Å². The highest BCUT2D eigenvalue weighted by Crippen LogP contribution is 2.36. The highest BCUT2D eigenvalue weighted by molar-refractivity contribution is 7.89. The Morgan fingerprint density at radius 3 is 2.73 bits per heavy atom. The molecule has 0 spiro atoms. The van der Waals surface area contributed by atoms with Crippen molar-refractivity contribution in [1.82, 2.24) is 29.6 Å². The van der Waals surface area contributed by atoms with Gasteiger partial charge >= 0.3 is 0 Å². The molecule has 240 valence electrons. The van der Waals surface area contributed by atoms with Crippen LogP contribution >= 0.6 is 0 Å². The molecule has 45 heavy (non-hydrogen) atoms. The van der Waals surface area contributed by atoms with E-state index in [0.29, 0.717) is 32.7 Å². The molecule has 3 heterocycles. The van der Waals surface area contributed by atoms with Crippen molar-refractivity contribution >= 4 is 27.0 Å². The van der Waals surface area contributed by atoms with Crippen LogP contribution in [0.5, 0.6) is 5.88 Å². The summed E-state index contributed by atoms with van der Waals surface area (Å²) in [6.45, 7) is 12.4. The fourth-order valence-electron chi connectivity index (χ4n) is 5.82. The maximum absolute atomic E-state index is 13.9. The predicted octanol–water partition coefficient (Wildman–Crippen LogP) is 4.50. The Kier molecular flexibility index (Phi) is 10.2. The predicted molar refractivity (Wildman–Crippen MR) is 172 cm³/mol. The Balaban J connectivity index is 1.53. The molecular formula is C33H42N6O5S. The summed E-state index contributed by atoms with van der Waals surface area (Å²) in [6, 6.07) is 13.3. The van der Waals surface area contributed by atoms with E-state index < -0.39 is 10.0 Å². The van der Waals surface area contributed by atoms with Crippen LogP contribution in [0.25, 0.3) is 11.0 Å².